The molecule has 86 valence electrons. The Balaban J connectivity index is 5.28. The fourth-order valence-electron chi connectivity index (χ4n) is 1.74. The number of quaternary nitrogens is 1. The molecule has 0 rings (SSSR count). The Labute approximate surface area is 90.7 Å². The first kappa shape index (κ1) is 14.4. The van der Waals surface area contributed by atoms with Crippen molar-refractivity contribution in [1.82, 2.24) is 0 Å². The molecule has 1 atom stereocenters. The number of rotatable bonds is 5. The average Bonchev–Trinajstić information content (AvgIpc) is 1.95. The first-order valence-corrected chi connectivity index (χ1v) is 7.27. The van der Waals surface area contributed by atoms with Crippen LogP contribution in [-0.4, -0.2) is 28.0 Å². The molecule has 6 heteroatoms. The van der Waals surface area contributed by atoms with Gasteiger partial charge in [0.25, 0.3) is 0 Å². The summed E-state index contributed by atoms with van der Waals surface area (Å²) in [6.07, 6.45) is 0. The Morgan fingerprint density at radius 2 is 1.71 bits per heavy atom. The third kappa shape index (κ3) is 2.50. The van der Waals surface area contributed by atoms with E-state index in [1.807, 2.05) is 27.7 Å². The molecular weight excluding hydrogens is 225 g/mol. The second kappa shape index (κ2) is 4.95. The third-order valence-corrected chi connectivity index (χ3v) is 4.72. The molecule has 0 bridgehead atoms. The van der Waals surface area contributed by atoms with E-state index in [0.29, 0.717) is 6.61 Å². The van der Waals surface area contributed by atoms with Crippen LogP contribution >= 0.6 is 18.1 Å². The van der Waals surface area contributed by atoms with Gasteiger partial charge in [-0.15, -0.1) is 4.42 Å². The Bertz CT molecular complexity index is 219. The second-order valence-corrected chi connectivity index (χ2v) is 6.64. The topological polar surface area (TPSA) is 46.5 Å². The van der Waals surface area contributed by atoms with Gasteiger partial charge in [-0.25, -0.2) is 4.57 Å². The Kier molecular flexibility index (Phi) is 5.09. The summed E-state index contributed by atoms with van der Waals surface area (Å²) in [6, 6.07) is -0.327. The zero-order valence-corrected chi connectivity index (χ0v) is 11.0. The highest BCUT2D eigenvalue weighted by atomic mass is 35.7. The van der Waals surface area contributed by atoms with E-state index < -0.39 is 11.3 Å². The van der Waals surface area contributed by atoms with Gasteiger partial charge >= 0.3 is 6.87 Å². The van der Waals surface area contributed by atoms with E-state index in [1.165, 1.54) is 0 Å². The molecule has 0 saturated carbocycles. The molecule has 0 saturated heterocycles. The number of hydrogen-bond donors (Lipinski definition) is 1. The van der Waals surface area contributed by atoms with Gasteiger partial charge in [0.1, 0.15) is 18.7 Å². The lowest BCUT2D eigenvalue weighted by Crippen LogP contribution is -2.53. The molecule has 1 unspecified atom stereocenters. The Morgan fingerprint density at radius 3 is 1.79 bits per heavy atom. The van der Waals surface area contributed by atoms with Crippen molar-refractivity contribution < 1.29 is 18.7 Å². The molecule has 0 spiro atoms. The maximum Gasteiger partial charge on any atom is 0.507 e. The lowest BCUT2D eigenvalue weighted by Gasteiger charge is -2.41. The van der Waals surface area contributed by atoms with Crippen molar-refractivity contribution in [1.29, 1.82) is 0 Å². The van der Waals surface area contributed by atoms with Crippen LogP contribution in [0, 0.1) is 0 Å². The minimum Gasteiger partial charge on any atom is -0.287 e. The van der Waals surface area contributed by atoms with E-state index >= 15 is 0 Å². The Morgan fingerprint density at radius 1 is 1.36 bits per heavy atom. The summed E-state index contributed by atoms with van der Waals surface area (Å²) in [5, 5.41) is 0. The Hall–Kier alpha value is 0.400. The van der Waals surface area contributed by atoms with Gasteiger partial charge in [-0.3, -0.25) is 4.89 Å². The summed E-state index contributed by atoms with van der Waals surface area (Å²) in [5.41, 5.74) is 0. The first-order valence-electron chi connectivity index (χ1n) is 4.76. The van der Waals surface area contributed by atoms with Gasteiger partial charge in [-0.05, 0) is 34.6 Å². The molecule has 1 N–H and O–H groups in total. The zero-order valence-electron chi connectivity index (χ0n) is 9.40. The van der Waals surface area contributed by atoms with Crippen LogP contribution in [0.25, 0.3) is 0 Å². The first-order chi connectivity index (χ1) is 6.20. The number of hydrogen-bond acceptors (Lipinski definition) is 2. The molecule has 0 aliphatic heterocycles. The van der Waals surface area contributed by atoms with E-state index in [9.17, 15) is 9.46 Å². The SMILES string of the molecule is CCO[N+](C(C)C)(C(C)C)P(=O)(O)Cl. The second-order valence-electron chi connectivity index (χ2n) is 3.75. The molecule has 0 radical (unpaired) electrons. The quantitative estimate of drug-likeness (QED) is 0.598. The van der Waals surface area contributed by atoms with Gasteiger partial charge in [-0.2, -0.15) is 4.84 Å². The van der Waals surface area contributed by atoms with Crippen LogP contribution in [0.5, 0.6) is 0 Å². The van der Waals surface area contributed by atoms with Crippen LogP contribution < -0.4 is 0 Å². The molecule has 0 aromatic heterocycles. The van der Waals surface area contributed by atoms with Crippen molar-refractivity contribution in [2.45, 2.75) is 46.7 Å². The summed E-state index contributed by atoms with van der Waals surface area (Å²) in [5.74, 6) is 0. The van der Waals surface area contributed by atoms with Crippen LogP contribution in [0.3, 0.4) is 0 Å². The standard InChI is InChI=1S/C8H19ClNO3P/c1-6-13-10(7(2)3,8(4)5)14(9,11)12/h7-8H,6H2,1-5H3/p+1. The molecule has 4 nitrogen and oxygen atoms in total. The van der Waals surface area contributed by atoms with Crippen molar-refractivity contribution in [3.05, 3.63) is 0 Å². The molecule has 0 heterocycles. The van der Waals surface area contributed by atoms with E-state index in [2.05, 4.69) is 0 Å². The van der Waals surface area contributed by atoms with E-state index in [-0.39, 0.29) is 12.1 Å². The van der Waals surface area contributed by atoms with E-state index in [1.54, 1.807) is 6.92 Å². The fourth-order valence-corrected chi connectivity index (χ4v) is 4.32. The molecule has 0 aliphatic carbocycles. The summed E-state index contributed by atoms with van der Waals surface area (Å²) < 4.78 is 11.3. The van der Waals surface area contributed by atoms with Gasteiger partial charge in [0.05, 0.1) is 0 Å². The molecule has 0 aromatic carbocycles. The third-order valence-electron chi connectivity index (χ3n) is 2.20. The normalized spacial score (nSPS) is 17.5. The maximum absolute atomic E-state index is 11.7. The van der Waals surface area contributed by atoms with Gasteiger partial charge in [0.15, 0.2) is 0 Å². The molecule has 0 aromatic rings. The smallest absolute Gasteiger partial charge is 0.287 e. The minimum absolute atomic E-state index is 0.164. The van der Waals surface area contributed by atoms with Gasteiger partial charge < -0.3 is 0 Å². The largest absolute Gasteiger partial charge is 0.507 e. The van der Waals surface area contributed by atoms with Crippen molar-refractivity contribution >= 4 is 18.1 Å². The highest BCUT2D eigenvalue weighted by molar-refractivity contribution is 7.79. The van der Waals surface area contributed by atoms with Gasteiger partial charge in [0.2, 0.25) is 0 Å². The molecule has 14 heavy (non-hydrogen) atoms. The molecule has 0 aliphatic rings. The lowest BCUT2D eigenvalue weighted by molar-refractivity contribution is -1.05. The predicted octanol–water partition coefficient (Wildman–Crippen LogP) is 2.91. The van der Waals surface area contributed by atoms with E-state index in [4.69, 9.17) is 16.1 Å². The van der Waals surface area contributed by atoms with Crippen molar-refractivity contribution in [2.24, 2.45) is 0 Å². The summed E-state index contributed by atoms with van der Waals surface area (Å²) in [4.78, 5) is 15.0. The van der Waals surface area contributed by atoms with Crippen LogP contribution in [0.15, 0.2) is 0 Å². The van der Waals surface area contributed by atoms with Crippen LogP contribution in [0.2, 0.25) is 0 Å². The van der Waals surface area contributed by atoms with Crippen molar-refractivity contribution in [3.63, 3.8) is 0 Å². The minimum atomic E-state index is -3.85. The zero-order chi connectivity index (χ0) is 11.6. The number of hydroxylamine groups is 2. The maximum atomic E-state index is 11.7. The lowest BCUT2D eigenvalue weighted by atomic mass is 10.3. The van der Waals surface area contributed by atoms with Gasteiger partial charge in [-0.1, -0.05) is 0 Å². The fraction of sp³-hybridized carbons (Fsp3) is 1.00. The highest BCUT2D eigenvalue weighted by Gasteiger charge is 2.53. The summed E-state index contributed by atoms with van der Waals surface area (Å²) in [6.45, 7) is 5.57. The molecule has 0 amide bonds. The predicted molar refractivity (Wildman–Crippen MR) is 57.8 cm³/mol. The number of halogens is 1. The van der Waals surface area contributed by atoms with Crippen LogP contribution in [0.1, 0.15) is 34.6 Å². The summed E-state index contributed by atoms with van der Waals surface area (Å²) in [7, 11) is 0. The summed E-state index contributed by atoms with van der Waals surface area (Å²) >= 11 is 5.58. The van der Waals surface area contributed by atoms with Gasteiger partial charge in [0, 0.05) is 11.2 Å². The van der Waals surface area contributed by atoms with E-state index in [0.717, 1.165) is 0 Å². The number of nitrogens with zero attached hydrogens (tertiary/aromatic N) is 1. The van der Waals surface area contributed by atoms with Crippen LogP contribution in [0.4, 0.5) is 0 Å². The van der Waals surface area contributed by atoms with Crippen molar-refractivity contribution in [2.75, 3.05) is 6.61 Å². The average molecular weight is 245 g/mol. The molecular formula is C8H20ClNO3P+. The molecule has 0 fully saturated rings. The monoisotopic (exact) mass is 244 g/mol. The van der Waals surface area contributed by atoms with Crippen LogP contribution in [-0.2, 0) is 9.40 Å². The van der Waals surface area contributed by atoms with Crippen molar-refractivity contribution in [3.8, 4) is 0 Å². The highest BCUT2D eigenvalue weighted by Crippen LogP contribution is 2.60.